The monoisotopic (exact) mass is 454 g/mol. The van der Waals surface area contributed by atoms with Crippen LogP contribution in [-0.4, -0.2) is 0 Å². The molecule has 31 heavy (non-hydrogen) atoms. The zero-order valence-electron chi connectivity index (χ0n) is 16.3. The molecule has 0 saturated carbocycles. The Kier molecular flexibility index (Phi) is 6.67. The van der Waals surface area contributed by atoms with E-state index in [1.54, 1.807) is 48.5 Å². The van der Waals surface area contributed by atoms with Crippen molar-refractivity contribution in [2.45, 2.75) is 12.2 Å². The molecule has 0 bridgehead atoms. The standard InChI is InChI=1S/C26H18Cl2F2O/c27-21-9-1-5-17(13-21)25(19-7-3-11-23(29)15-19)31-26(18-6-2-10-22(28)14-18)20-8-4-12-24(30)16-20/h1-16,25-26H. The van der Waals surface area contributed by atoms with Crippen LogP contribution in [0.15, 0.2) is 97.1 Å². The minimum atomic E-state index is -0.651. The maximum absolute atomic E-state index is 14.1. The Morgan fingerprint density at radius 3 is 1.23 bits per heavy atom. The molecule has 4 aromatic rings. The molecule has 1 nitrogen and oxygen atoms in total. The lowest BCUT2D eigenvalue weighted by molar-refractivity contribution is 0.0305. The van der Waals surface area contributed by atoms with Gasteiger partial charge in [0, 0.05) is 10.0 Å². The first-order chi connectivity index (χ1) is 15.0. The number of rotatable bonds is 6. The summed E-state index contributed by atoms with van der Waals surface area (Å²) in [4.78, 5) is 0. The molecule has 0 amide bonds. The van der Waals surface area contributed by atoms with Crippen molar-refractivity contribution in [1.82, 2.24) is 0 Å². The molecule has 0 saturated heterocycles. The number of hydrogen-bond acceptors (Lipinski definition) is 1. The molecule has 0 aliphatic heterocycles. The molecule has 0 fully saturated rings. The molecule has 2 unspecified atom stereocenters. The Hall–Kier alpha value is -2.72. The van der Waals surface area contributed by atoms with Crippen molar-refractivity contribution in [2.75, 3.05) is 0 Å². The molecule has 0 aliphatic carbocycles. The first kappa shape index (κ1) is 21.5. The molecule has 0 spiro atoms. The molecule has 5 heteroatoms. The predicted molar refractivity (Wildman–Crippen MR) is 120 cm³/mol. The Labute approximate surface area is 189 Å². The maximum atomic E-state index is 14.1. The van der Waals surface area contributed by atoms with Gasteiger partial charge >= 0.3 is 0 Å². The first-order valence-electron chi connectivity index (χ1n) is 9.67. The van der Waals surface area contributed by atoms with Crippen molar-refractivity contribution in [3.05, 3.63) is 141 Å². The number of halogens is 4. The summed E-state index contributed by atoms with van der Waals surface area (Å²) >= 11 is 12.4. The smallest absolute Gasteiger partial charge is 0.123 e. The second-order valence-electron chi connectivity index (χ2n) is 7.12. The highest BCUT2D eigenvalue weighted by Gasteiger charge is 2.24. The van der Waals surface area contributed by atoms with Gasteiger partial charge in [0.15, 0.2) is 0 Å². The van der Waals surface area contributed by atoms with Crippen LogP contribution in [-0.2, 0) is 4.74 Å². The predicted octanol–water partition coefficient (Wildman–Crippen LogP) is 8.17. The van der Waals surface area contributed by atoms with E-state index in [0.717, 1.165) is 11.1 Å². The molecule has 0 radical (unpaired) electrons. The third-order valence-electron chi connectivity index (χ3n) is 4.88. The maximum Gasteiger partial charge on any atom is 0.123 e. The summed E-state index contributed by atoms with van der Waals surface area (Å²) in [7, 11) is 0. The second kappa shape index (κ2) is 9.61. The largest absolute Gasteiger partial charge is 0.356 e. The van der Waals surface area contributed by atoms with Gasteiger partial charge in [-0.3, -0.25) is 0 Å². The second-order valence-corrected chi connectivity index (χ2v) is 7.99. The van der Waals surface area contributed by atoms with E-state index < -0.39 is 12.2 Å². The topological polar surface area (TPSA) is 9.23 Å². The zero-order valence-corrected chi connectivity index (χ0v) is 17.8. The van der Waals surface area contributed by atoms with E-state index in [-0.39, 0.29) is 11.6 Å². The summed E-state index contributed by atoms with van der Waals surface area (Å²) in [5.41, 5.74) is 2.74. The lowest BCUT2D eigenvalue weighted by Gasteiger charge is -2.27. The van der Waals surface area contributed by atoms with Gasteiger partial charge in [-0.1, -0.05) is 71.7 Å². The van der Waals surface area contributed by atoms with Gasteiger partial charge in [0.25, 0.3) is 0 Å². The van der Waals surface area contributed by atoms with E-state index in [1.165, 1.54) is 24.3 Å². The van der Waals surface area contributed by atoms with E-state index in [9.17, 15) is 8.78 Å². The molecule has 4 aromatic carbocycles. The fraction of sp³-hybridized carbons (Fsp3) is 0.0769. The quantitative estimate of drug-likeness (QED) is 0.285. The number of hydrogen-bond donors (Lipinski definition) is 0. The van der Waals surface area contributed by atoms with Gasteiger partial charge in [0.05, 0.1) is 0 Å². The highest BCUT2D eigenvalue weighted by atomic mass is 35.5. The van der Waals surface area contributed by atoms with Crippen molar-refractivity contribution in [3.63, 3.8) is 0 Å². The van der Waals surface area contributed by atoms with Crippen LogP contribution in [0.25, 0.3) is 0 Å². The Morgan fingerprint density at radius 2 is 0.871 bits per heavy atom. The van der Waals surface area contributed by atoms with Crippen molar-refractivity contribution < 1.29 is 13.5 Å². The number of ether oxygens (including phenoxy) is 1. The average Bonchev–Trinajstić information content (AvgIpc) is 2.74. The normalized spacial score (nSPS) is 13.0. The summed E-state index contributed by atoms with van der Waals surface area (Å²) in [6.45, 7) is 0. The molecule has 4 rings (SSSR count). The van der Waals surface area contributed by atoms with Crippen LogP contribution in [0.4, 0.5) is 8.78 Å². The highest BCUT2D eigenvalue weighted by Crippen LogP contribution is 2.37. The van der Waals surface area contributed by atoms with Crippen molar-refractivity contribution in [3.8, 4) is 0 Å². The Balaban J connectivity index is 1.84. The summed E-state index contributed by atoms with van der Waals surface area (Å²) in [6, 6.07) is 26.8. The minimum absolute atomic E-state index is 0.377. The average molecular weight is 455 g/mol. The van der Waals surface area contributed by atoms with E-state index in [0.29, 0.717) is 21.2 Å². The van der Waals surface area contributed by atoms with Crippen LogP contribution in [0.5, 0.6) is 0 Å². The third-order valence-corrected chi connectivity index (χ3v) is 5.35. The number of benzene rings is 4. The first-order valence-corrected chi connectivity index (χ1v) is 10.4. The molecule has 0 aliphatic rings. The van der Waals surface area contributed by atoms with E-state index in [4.69, 9.17) is 27.9 Å². The van der Waals surface area contributed by atoms with Crippen LogP contribution >= 0.6 is 23.2 Å². The zero-order chi connectivity index (χ0) is 21.8. The minimum Gasteiger partial charge on any atom is -0.356 e. The molecular weight excluding hydrogens is 437 g/mol. The lowest BCUT2D eigenvalue weighted by atomic mass is 9.97. The Morgan fingerprint density at radius 1 is 0.516 bits per heavy atom. The van der Waals surface area contributed by atoms with Crippen molar-refractivity contribution in [1.29, 1.82) is 0 Å². The lowest BCUT2D eigenvalue weighted by Crippen LogP contribution is -2.14. The SMILES string of the molecule is Fc1cccc(C(OC(c2cccc(F)c2)c2cccc(Cl)c2)c2cccc(Cl)c2)c1. The summed E-state index contributed by atoms with van der Waals surface area (Å²) in [6.07, 6.45) is -1.30. The summed E-state index contributed by atoms with van der Waals surface area (Å²) < 4.78 is 34.7. The van der Waals surface area contributed by atoms with Gasteiger partial charge < -0.3 is 4.74 Å². The van der Waals surface area contributed by atoms with Crippen molar-refractivity contribution >= 4 is 23.2 Å². The van der Waals surface area contributed by atoms with Gasteiger partial charge in [-0.25, -0.2) is 8.78 Å². The van der Waals surface area contributed by atoms with Gasteiger partial charge in [-0.05, 0) is 70.8 Å². The fourth-order valence-corrected chi connectivity index (χ4v) is 3.91. The molecule has 156 valence electrons. The van der Waals surface area contributed by atoms with E-state index in [1.807, 2.05) is 24.3 Å². The highest BCUT2D eigenvalue weighted by molar-refractivity contribution is 6.30. The van der Waals surface area contributed by atoms with Gasteiger partial charge in [-0.15, -0.1) is 0 Å². The molecular formula is C26H18Cl2F2O. The van der Waals surface area contributed by atoms with Gasteiger partial charge in [0.2, 0.25) is 0 Å². The summed E-state index contributed by atoms with van der Waals surface area (Å²) in [5.74, 6) is -0.753. The molecule has 2 atom stereocenters. The van der Waals surface area contributed by atoms with Crippen LogP contribution in [0, 0.1) is 11.6 Å². The molecule has 0 aromatic heterocycles. The fourth-order valence-electron chi connectivity index (χ4n) is 3.51. The van der Waals surface area contributed by atoms with Crippen LogP contribution < -0.4 is 0 Å². The van der Waals surface area contributed by atoms with E-state index >= 15 is 0 Å². The molecule has 0 N–H and O–H groups in total. The van der Waals surface area contributed by atoms with Crippen molar-refractivity contribution in [2.24, 2.45) is 0 Å². The van der Waals surface area contributed by atoms with Gasteiger partial charge in [0.1, 0.15) is 23.8 Å². The summed E-state index contributed by atoms with van der Waals surface area (Å²) in [5, 5.41) is 1.07. The van der Waals surface area contributed by atoms with Crippen LogP contribution in [0.3, 0.4) is 0 Å². The molecule has 0 heterocycles. The van der Waals surface area contributed by atoms with E-state index in [2.05, 4.69) is 0 Å². The van der Waals surface area contributed by atoms with Gasteiger partial charge in [-0.2, -0.15) is 0 Å². The third kappa shape index (κ3) is 5.31. The Bertz CT molecular complexity index is 1010. The van der Waals surface area contributed by atoms with Crippen LogP contribution in [0.1, 0.15) is 34.5 Å². The van der Waals surface area contributed by atoms with Crippen LogP contribution in [0.2, 0.25) is 10.0 Å².